The minimum Gasteiger partial charge on any atom is -0.322 e. The molecule has 0 aromatic heterocycles. The maximum atomic E-state index is 12.7. The number of nitrogens with one attached hydrogen (secondary N) is 2. The minimum atomic E-state index is -3.76. The number of anilines is 2. The van der Waals surface area contributed by atoms with Crippen molar-refractivity contribution in [3.8, 4) is 6.07 Å². The first-order chi connectivity index (χ1) is 13.8. The van der Waals surface area contributed by atoms with Crippen LogP contribution in [0.25, 0.3) is 0 Å². The van der Waals surface area contributed by atoms with E-state index in [1.807, 2.05) is 38.1 Å². The number of rotatable bonds is 5. The molecule has 0 spiro atoms. The fraction of sp³-hybridized carbons (Fsp3) is 0.0909. The Morgan fingerprint density at radius 3 is 2.17 bits per heavy atom. The number of nitriles is 1. The van der Waals surface area contributed by atoms with Gasteiger partial charge in [-0.3, -0.25) is 9.52 Å². The summed E-state index contributed by atoms with van der Waals surface area (Å²) in [6.07, 6.45) is 0. The van der Waals surface area contributed by atoms with Crippen LogP contribution in [0.5, 0.6) is 0 Å². The fourth-order valence-electron chi connectivity index (χ4n) is 2.82. The van der Waals surface area contributed by atoms with E-state index in [1.54, 1.807) is 18.2 Å². The molecule has 0 radical (unpaired) electrons. The number of para-hydroxylation sites is 1. The molecule has 1 amide bonds. The van der Waals surface area contributed by atoms with Crippen LogP contribution in [0.1, 0.15) is 27.0 Å². The van der Waals surface area contributed by atoms with E-state index in [0.29, 0.717) is 22.5 Å². The van der Waals surface area contributed by atoms with E-state index in [0.717, 1.165) is 11.1 Å². The summed E-state index contributed by atoms with van der Waals surface area (Å²) in [7, 11) is -3.76. The lowest BCUT2D eigenvalue weighted by Gasteiger charge is -2.13. The molecule has 3 aromatic rings. The van der Waals surface area contributed by atoms with Gasteiger partial charge >= 0.3 is 0 Å². The second kappa shape index (κ2) is 8.17. The Hall–Kier alpha value is -3.63. The van der Waals surface area contributed by atoms with E-state index in [4.69, 9.17) is 5.26 Å². The highest BCUT2D eigenvalue weighted by atomic mass is 32.2. The van der Waals surface area contributed by atoms with Gasteiger partial charge in [-0.1, -0.05) is 24.3 Å². The van der Waals surface area contributed by atoms with E-state index in [1.165, 1.54) is 30.3 Å². The number of benzene rings is 3. The molecule has 0 bridgehead atoms. The normalized spacial score (nSPS) is 10.8. The Morgan fingerprint density at radius 2 is 1.55 bits per heavy atom. The summed E-state index contributed by atoms with van der Waals surface area (Å²) >= 11 is 0. The average molecular weight is 405 g/mol. The van der Waals surface area contributed by atoms with Crippen molar-refractivity contribution in [2.75, 3.05) is 10.0 Å². The minimum absolute atomic E-state index is 0.0876. The lowest BCUT2D eigenvalue weighted by molar-refractivity contribution is 0.102. The molecule has 3 aromatic carbocycles. The molecule has 0 aliphatic rings. The van der Waals surface area contributed by atoms with Crippen LogP contribution in [-0.2, 0) is 10.0 Å². The lowest BCUT2D eigenvalue weighted by Crippen LogP contribution is -2.15. The van der Waals surface area contributed by atoms with Gasteiger partial charge in [0.1, 0.15) is 0 Å². The van der Waals surface area contributed by atoms with Crippen LogP contribution in [0.2, 0.25) is 0 Å². The van der Waals surface area contributed by atoms with Crippen molar-refractivity contribution < 1.29 is 13.2 Å². The number of hydrogen-bond donors (Lipinski definition) is 2. The van der Waals surface area contributed by atoms with Crippen LogP contribution < -0.4 is 10.0 Å². The van der Waals surface area contributed by atoms with E-state index in [-0.39, 0.29) is 10.8 Å². The maximum Gasteiger partial charge on any atom is 0.261 e. The Labute approximate surface area is 169 Å². The number of hydrogen-bond acceptors (Lipinski definition) is 4. The van der Waals surface area contributed by atoms with Crippen molar-refractivity contribution in [3.63, 3.8) is 0 Å². The van der Waals surface area contributed by atoms with Crippen molar-refractivity contribution in [1.82, 2.24) is 0 Å². The second-order valence-electron chi connectivity index (χ2n) is 6.54. The third-order valence-corrected chi connectivity index (χ3v) is 5.76. The summed E-state index contributed by atoms with van der Waals surface area (Å²) in [5.41, 5.74) is 3.40. The van der Waals surface area contributed by atoms with Gasteiger partial charge in [0.15, 0.2) is 0 Å². The van der Waals surface area contributed by atoms with Gasteiger partial charge in [-0.15, -0.1) is 0 Å². The van der Waals surface area contributed by atoms with Crippen molar-refractivity contribution in [2.45, 2.75) is 18.7 Å². The van der Waals surface area contributed by atoms with E-state index >= 15 is 0 Å². The third-order valence-electron chi connectivity index (χ3n) is 4.39. The zero-order valence-corrected chi connectivity index (χ0v) is 16.7. The Balaban J connectivity index is 1.77. The molecular weight excluding hydrogens is 386 g/mol. The first kappa shape index (κ1) is 20.1. The summed E-state index contributed by atoms with van der Waals surface area (Å²) in [6, 6.07) is 19.7. The number of carbonyl (C=O) groups is 1. The van der Waals surface area contributed by atoms with Gasteiger partial charge in [-0.05, 0) is 67.4 Å². The predicted molar refractivity (Wildman–Crippen MR) is 112 cm³/mol. The van der Waals surface area contributed by atoms with Crippen LogP contribution in [-0.4, -0.2) is 14.3 Å². The van der Waals surface area contributed by atoms with Crippen LogP contribution in [0.4, 0.5) is 11.4 Å². The van der Waals surface area contributed by atoms with Gasteiger partial charge in [-0.2, -0.15) is 5.26 Å². The third kappa shape index (κ3) is 4.62. The monoisotopic (exact) mass is 405 g/mol. The van der Waals surface area contributed by atoms with E-state index in [9.17, 15) is 13.2 Å². The molecule has 29 heavy (non-hydrogen) atoms. The molecule has 0 saturated heterocycles. The summed E-state index contributed by atoms with van der Waals surface area (Å²) in [5.74, 6) is -0.383. The molecule has 3 rings (SSSR count). The summed E-state index contributed by atoms with van der Waals surface area (Å²) in [4.78, 5) is 12.4. The highest BCUT2D eigenvalue weighted by Gasteiger charge is 2.17. The molecule has 6 nitrogen and oxygen atoms in total. The molecular formula is C22H19N3O3S. The topological polar surface area (TPSA) is 99.1 Å². The van der Waals surface area contributed by atoms with Crippen LogP contribution in [0.3, 0.4) is 0 Å². The number of nitrogens with zero attached hydrogens (tertiary/aromatic N) is 1. The van der Waals surface area contributed by atoms with E-state index in [2.05, 4.69) is 10.0 Å². The molecule has 2 N–H and O–H groups in total. The van der Waals surface area contributed by atoms with Gasteiger partial charge in [-0.25, -0.2) is 8.42 Å². The molecule has 0 aliphatic carbocycles. The van der Waals surface area contributed by atoms with Crippen LogP contribution in [0.15, 0.2) is 71.6 Å². The first-order valence-corrected chi connectivity index (χ1v) is 10.3. The van der Waals surface area contributed by atoms with Gasteiger partial charge in [0.05, 0.1) is 22.2 Å². The fourth-order valence-corrected chi connectivity index (χ4v) is 4.02. The zero-order chi connectivity index (χ0) is 21.0. The average Bonchev–Trinajstić information content (AvgIpc) is 2.71. The number of aryl methyl sites for hydroxylation is 2. The molecule has 0 atom stereocenters. The van der Waals surface area contributed by atoms with Crippen molar-refractivity contribution in [2.24, 2.45) is 0 Å². The Morgan fingerprint density at radius 1 is 0.931 bits per heavy atom. The van der Waals surface area contributed by atoms with Gasteiger partial charge in [0.2, 0.25) is 0 Å². The van der Waals surface area contributed by atoms with Crippen molar-refractivity contribution >= 4 is 27.3 Å². The molecule has 146 valence electrons. The van der Waals surface area contributed by atoms with Crippen LogP contribution >= 0.6 is 0 Å². The van der Waals surface area contributed by atoms with E-state index < -0.39 is 10.0 Å². The number of sulfonamides is 1. The van der Waals surface area contributed by atoms with Crippen molar-refractivity contribution in [3.05, 3.63) is 89.0 Å². The molecule has 0 fully saturated rings. The standard InChI is InChI=1S/C22H19N3O3S/c1-15-5-3-6-16(2)21(15)25-29(27,28)20-11-9-19(10-12-20)24-22(26)18-8-4-7-17(13-18)14-23/h3-13,25H,1-2H3,(H,24,26). The molecule has 0 heterocycles. The quantitative estimate of drug-likeness (QED) is 0.663. The molecule has 0 saturated carbocycles. The first-order valence-electron chi connectivity index (χ1n) is 8.81. The number of carbonyl (C=O) groups excluding carboxylic acids is 1. The van der Waals surface area contributed by atoms with Crippen molar-refractivity contribution in [1.29, 1.82) is 5.26 Å². The Bertz CT molecular complexity index is 1190. The predicted octanol–water partition coefficient (Wildman–Crippen LogP) is 4.23. The SMILES string of the molecule is Cc1cccc(C)c1NS(=O)(=O)c1ccc(NC(=O)c2cccc(C#N)c2)cc1. The number of amides is 1. The van der Waals surface area contributed by atoms with Gasteiger partial charge < -0.3 is 5.32 Å². The van der Waals surface area contributed by atoms with Gasteiger partial charge in [0.25, 0.3) is 15.9 Å². The van der Waals surface area contributed by atoms with Crippen LogP contribution in [0, 0.1) is 25.2 Å². The largest absolute Gasteiger partial charge is 0.322 e. The second-order valence-corrected chi connectivity index (χ2v) is 8.23. The maximum absolute atomic E-state index is 12.7. The Kier molecular flexibility index (Phi) is 5.66. The summed E-state index contributed by atoms with van der Waals surface area (Å²) in [5, 5.41) is 11.6. The highest BCUT2D eigenvalue weighted by Crippen LogP contribution is 2.24. The molecule has 7 heteroatoms. The lowest BCUT2D eigenvalue weighted by atomic mass is 10.1. The highest BCUT2D eigenvalue weighted by molar-refractivity contribution is 7.92. The smallest absolute Gasteiger partial charge is 0.261 e. The summed E-state index contributed by atoms with van der Waals surface area (Å²) < 4.78 is 28.0. The molecule has 0 unspecified atom stereocenters. The van der Waals surface area contributed by atoms with Gasteiger partial charge in [0, 0.05) is 11.3 Å². The zero-order valence-electron chi connectivity index (χ0n) is 15.9. The molecule has 0 aliphatic heterocycles. The summed E-state index contributed by atoms with van der Waals surface area (Å²) in [6.45, 7) is 3.68.